The summed E-state index contributed by atoms with van der Waals surface area (Å²) < 4.78 is 32.1. The highest BCUT2D eigenvalue weighted by molar-refractivity contribution is 7.89. The Labute approximate surface area is 139 Å². The molecule has 1 saturated heterocycles. The van der Waals surface area contributed by atoms with Crippen LogP contribution in [0.1, 0.15) is 28.4 Å². The summed E-state index contributed by atoms with van der Waals surface area (Å²) in [4.78, 5) is 14.1. The number of sulfonamides is 1. The molecule has 10 heteroatoms. The van der Waals surface area contributed by atoms with Crippen LogP contribution >= 0.6 is 0 Å². The van der Waals surface area contributed by atoms with Crippen LogP contribution in [0.15, 0.2) is 21.7 Å². The normalized spacial score (nSPS) is 17.0. The third-order valence-electron chi connectivity index (χ3n) is 4.05. The predicted octanol–water partition coefficient (Wildman–Crippen LogP) is 0.551. The van der Waals surface area contributed by atoms with Crippen LogP contribution in [0.5, 0.6) is 0 Å². The van der Waals surface area contributed by atoms with Gasteiger partial charge in [-0.2, -0.15) is 9.40 Å². The molecule has 9 nitrogen and oxygen atoms in total. The van der Waals surface area contributed by atoms with E-state index in [0.717, 1.165) is 0 Å². The van der Waals surface area contributed by atoms with E-state index in [0.29, 0.717) is 37.4 Å². The third-order valence-corrected chi connectivity index (χ3v) is 6.21. The Morgan fingerprint density at radius 2 is 2.04 bits per heavy atom. The summed E-state index contributed by atoms with van der Waals surface area (Å²) in [6.45, 7) is 4.70. The second-order valence-corrected chi connectivity index (χ2v) is 7.56. The average molecular weight is 353 g/mol. The molecule has 0 aliphatic carbocycles. The molecule has 2 aromatic heterocycles. The van der Waals surface area contributed by atoms with Gasteiger partial charge in [-0.05, 0) is 20.3 Å². The Morgan fingerprint density at radius 1 is 1.25 bits per heavy atom. The second kappa shape index (κ2) is 6.36. The molecular weight excluding hydrogens is 334 g/mol. The first-order valence-corrected chi connectivity index (χ1v) is 9.07. The summed E-state index contributed by atoms with van der Waals surface area (Å²) in [5.74, 6) is -0.116. The number of aromatic nitrogens is 3. The van der Waals surface area contributed by atoms with Crippen molar-refractivity contribution >= 4 is 15.9 Å². The molecule has 1 N–H and O–H groups in total. The topological polar surface area (TPSA) is 112 Å². The maximum Gasteiger partial charge on any atom is 0.292 e. The van der Waals surface area contributed by atoms with Gasteiger partial charge >= 0.3 is 0 Å². The highest BCUT2D eigenvalue weighted by Crippen LogP contribution is 2.23. The van der Waals surface area contributed by atoms with Crippen molar-refractivity contribution in [3.8, 4) is 0 Å². The van der Waals surface area contributed by atoms with Gasteiger partial charge in [0.15, 0.2) is 0 Å². The van der Waals surface area contributed by atoms with E-state index in [1.165, 1.54) is 16.6 Å². The molecule has 0 atom stereocenters. The zero-order valence-corrected chi connectivity index (χ0v) is 14.3. The highest BCUT2D eigenvalue weighted by atomic mass is 32.2. The average Bonchev–Trinajstić information content (AvgIpc) is 3.10. The summed E-state index contributed by atoms with van der Waals surface area (Å²) >= 11 is 0. The smallest absolute Gasteiger partial charge is 0.292 e. The van der Waals surface area contributed by atoms with Crippen LogP contribution in [0, 0.1) is 13.8 Å². The van der Waals surface area contributed by atoms with Crippen molar-refractivity contribution in [1.82, 2.24) is 24.6 Å². The Bertz CT molecular complexity index is 808. The van der Waals surface area contributed by atoms with Gasteiger partial charge in [-0.1, -0.05) is 5.16 Å². The standard InChI is InChI=1S/C14H19N5O4S/c1-10-13(11(2)17-16-10)24(21,22)19-7-3-6-18(8-9-19)14(20)12-4-5-15-23-12/h4-5H,3,6-9H2,1-2H3,(H,16,17). The first-order valence-electron chi connectivity index (χ1n) is 7.63. The molecule has 0 radical (unpaired) electrons. The van der Waals surface area contributed by atoms with Gasteiger partial charge in [0, 0.05) is 32.2 Å². The zero-order chi connectivity index (χ0) is 17.3. The van der Waals surface area contributed by atoms with Crippen LogP contribution in [0.25, 0.3) is 0 Å². The number of carbonyl (C=O) groups is 1. The fraction of sp³-hybridized carbons (Fsp3) is 0.500. The van der Waals surface area contributed by atoms with Crippen molar-refractivity contribution in [2.75, 3.05) is 26.2 Å². The van der Waals surface area contributed by atoms with Crippen molar-refractivity contribution in [1.29, 1.82) is 0 Å². The number of nitrogens with one attached hydrogen (secondary N) is 1. The lowest BCUT2D eigenvalue weighted by Crippen LogP contribution is -2.37. The molecule has 1 aliphatic heterocycles. The molecular formula is C14H19N5O4S. The third kappa shape index (κ3) is 2.94. The van der Waals surface area contributed by atoms with Crippen molar-refractivity contribution in [3.05, 3.63) is 29.4 Å². The molecule has 0 saturated carbocycles. The molecule has 0 aromatic carbocycles. The molecule has 1 fully saturated rings. The number of rotatable bonds is 3. The van der Waals surface area contributed by atoms with Crippen LogP contribution < -0.4 is 0 Å². The number of amides is 1. The minimum absolute atomic E-state index is 0.160. The van der Waals surface area contributed by atoms with E-state index >= 15 is 0 Å². The van der Waals surface area contributed by atoms with Gasteiger partial charge < -0.3 is 9.42 Å². The lowest BCUT2D eigenvalue weighted by molar-refractivity contribution is 0.0722. The SMILES string of the molecule is Cc1n[nH]c(C)c1S(=O)(=O)N1CCCN(C(=O)c2ccno2)CC1. The van der Waals surface area contributed by atoms with Gasteiger partial charge in [0.1, 0.15) is 4.90 Å². The Hall–Kier alpha value is -2.20. The van der Waals surface area contributed by atoms with E-state index in [2.05, 4.69) is 15.4 Å². The molecule has 0 unspecified atom stereocenters. The maximum absolute atomic E-state index is 12.9. The summed E-state index contributed by atoms with van der Waals surface area (Å²) in [5.41, 5.74) is 0.970. The van der Waals surface area contributed by atoms with Crippen molar-refractivity contribution in [2.45, 2.75) is 25.2 Å². The monoisotopic (exact) mass is 353 g/mol. The lowest BCUT2D eigenvalue weighted by Gasteiger charge is -2.21. The van der Waals surface area contributed by atoms with Crippen molar-refractivity contribution in [2.24, 2.45) is 0 Å². The van der Waals surface area contributed by atoms with E-state index in [1.807, 2.05) is 0 Å². The Morgan fingerprint density at radius 3 is 2.67 bits per heavy atom. The van der Waals surface area contributed by atoms with E-state index in [9.17, 15) is 13.2 Å². The van der Waals surface area contributed by atoms with Gasteiger partial charge in [0.2, 0.25) is 15.8 Å². The van der Waals surface area contributed by atoms with Gasteiger partial charge in [-0.25, -0.2) is 8.42 Å². The number of hydrogen-bond acceptors (Lipinski definition) is 6. The molecule has 0 spiro atoms. The first-order chi connectivity index (χ1) is 11.4. The molecule has 0 bridgehead atoms. The minimum Gasteiger partial charge on any atom is -0.351 e. The van der Waals surface area contributed by atoms with Crippen LogP contribution in [-0.4, -0.2) is 65.1 Å². The molecule has 3 rings (SSSR count). The number of aryl methyl sites for hydroxylation is 2. The molecule has 2 aromatic rings. The van der Waals surface area contributed by atoms with Crippen molar-refractivity contribution < 1.29 is 17.7 Å². The second-order valence-electron chi connectivity index (χ2n) is 5.69. The van der Waals surface area contributed by atoms with E-state index in [-0.39, 0.29) is 23.1 Å². The fourth-order valence-electron chi connectivity index (χ4n) is 2.87. The summed E-state index contributed by atoms with van der Waals surface area (Å²) in [7, 11) is -3.64. The zero-order valence-electron chi connectivity index (χ0n) is 13.5. The number of H-pyrrole nitrogens is 1. The predicted molar refractivity (Wildman–Crippen MR) is 83.8 cm³/mol. The molecule has 3 heterocycles. The first kappa shape index (κ1) is 16.7. The number of hydrogen-bond donors (Lipinski definition) is 1. The van der Waals surface area contributed by atoms with E-state index < -0.39 is 10.0 Å². The Balaban J connectivity index is 1.77. The number of aromatic amines is 1. The largest absolute Gasteiger partial charge is 0.351 e. The summed E-state index contributed by atoms with van der Waals surface area (Å²) in [6, 6.07) is 1.50. The van der Waals surface area contributed by atoms with Crippen LogP contribution in [0.4, 0.5) is 0 Å². The van der Waals surface area contributed by atoms with Gasteiger partial charge in [0.25, 0.3) is 5.91 Å². The minimum atomic E-state index is -3.64. The van der Waals surface area contributed by atoms with Crippen molar-refractivity contribution in [3.63, 3.8) is 0 Å². The summed E-state index contributed by atoms with van der Waals surface area (Å²) in [5, 5.41) is 10.2. The van der Waals surface area contributed by atoms with Crippen LogP contribution in [0.2, 0.25) is 0 Å². The lowest BCUT2D eigenvalue weighted by atomic mass is 10.3. The van der Waals surface area contributed by atoms with Gasteiger partial charge in [-0.3, -0.25) is 9.89 Å². The highest BCUT2D eigenvalue weighted by Gasteiger charge is 2.32. The number of nitrogens with zero attached hydrogens (tertiary/aromatic N) is 4. The summed E-state index contributed by atoms with van der Waals surface area (Å²) in [6.07, 6.45) is 1.96. The van der Waals surface area contributed by atoms with E-state index in [1.54, 1.807) is 18.7 Å². The molecule has 1 aliphatic rings. The van der Waals surface area contributed by atoms with Gasteiger partial charge in [-0.15, -0.1) is 0 Å². The van der Waals surface area contributed by atoms with E-state index in [4.69, 9.17) is 4.52 Å². The quantitative estimate of drug-likeness (QED) is 0.862. The number of carbonyl (C=O) groups excluding carboxylic acids is 1. The fourth-order valence-corrected chi connectivity index (χ4v) is 4.67. The van der Waals surface area contributed by atoms with Crippen LogP contribution in [0.3, 0.4) is 0 Å². The molecule has 24 heavy (non-hydrogen) atoms. The molecule has 130 valence electrons. The maximum atomic E-state index is 12.9. The molecule has 1 amide bonds. The van der Waals surface area contributed by atoms with Gasteiger partial charge in [0.05, 0.1) is 17.6 Å². The Kier molecular flexibility index (Phi) is 4.41. The van der Waals surface area contributed by atoms with Crippen LogP contribution in [-0.2, 0) is 10.0 Å².